The third kappa shape index (κ3) is 3.80. The molecule has 0 unspecified atom stereocenters. The van der Waals surface area contributed by atoms with Crippen LogP contribution >= 0.6 is 25.3 Å². The molecule has 180 valence electrons. The molecule has 0 atom stereocenters. The van der Waals surface area contributed by atoms with E-state index >= 15 is 0 Å². The molecule has 0 fully saturated rings. The number of amides is 4. The van der Waals surface area contributed by atoms with Crippen molar-refractivity contribution in [3.8, 4) is 11.5 Å². The zero-order chi connectivity index (χ0) is 25.8. The van der Waals surface area contributed by atoms with E-state index in [9.17, 15) is 19.2 Å². The van der Waals surface area contributed by atoms with Crippen LogP contribution in [0.15, 0.2) is 94.7 Å². The van der Waals surface area contributed by atoms with Crippen molar-refractivity contribution in [2.24, 2.45) is 0 Å². The van der Waals surface area contributed by atoms with Crippen molar-refractivity contribution in [3.63, 3.8) is 0 Å². The van der Waals surface area contributed by atoms with Gasteiger partial charge in [0.2, 0.25) is 0 Å². The van der Waals surface area contributed by atoms with Crippen molar-refractivity contribution < 1.29 is 23.9 Å². The Morgan fingerprint density at radius 1 is 0.459 bits per heavy atom. The molecule has 4 amide bonds. The van der Waals surface area contributed by atoms with Crippen LogP contribution in [0, 0.1) is 0 Å². The Bertz CT molecular complexity index is 1530. The average molecular weight is 525 g/mol. The van der Waals surface area contributed by atoms with Crippen molar-refractivity contribution in [3.05, 3.63) is 107 Å². The van der Waals surface area contributed by atoms with Crippen LogP contribution in [0.2, 0.25) is 0 Å². The Morgan fingerprint density at radius 3 is 1.19 bits per heavy atom. The molecule has 2 heterocycles. The summed E-state index contributed by atoms with van der Waals surface area (Å²) in [6.07, 6.45) is 0. The number of benzene rings is 4. The van der Waals surface area contributed by atoms with Gasteiger partial charge in [-0.1, -0.05) is 0 Å². The van der Waals surface area contributed by atoms with Gasteiger partial charge in [0.25, 0.3) is 23.6 Å². The number of fused-ring (bicyclic) bond motifs is 2. The molecule has 4 aromatic carbocycles. The number of hydrogen-bond donors (Lipinski definition) is 2. The van der Waals surface area contributed by atoms with E-state index in [1.165, 1.54) is 24.3 Å². The summed E-state index contributed by atoms with van der Waals surface area (Å²) < 4.78 is 5.93. The number of thiol groups is 2. The molecule has 37 heavy (non-hydrogen) atoms. The number of anilines is 2. The van der Waals surface area contributed by atoms with Gasteiger partial charge in [-0.3, -0.25) is 19.2 Å². The summed E-state index contributed by atoms with van der Waals surface area (Å²) in [5, 5.41) is 0. The molecule has 0 spiro atoms. The van der Waals surface area contributed by atoms with Gasteiger partial charge in [-0.15, -0.1) is 25.3 Å². The first kappa shape index (κ1) is 23.1. The Morgan fingerprint density at radius 2 is 0.811 bits per heavy atom. The lowest BCUT2D eigenvalue weighted by molar-refractivity contribution is 0.0910. The quantitative estimate of drug-likeness (QED) is 0.266. The van der Waals surface area contributed by atoms with E-state index < -0.39 is 23.6 Å². The van der Waals surface area contributed by atoms with E-state index in [0.29, 0.717) is 32.7 Å². The highest BCUT2D eigenvalue weighted by Crippen LogP contribution is 2.35. The molecule has 2 aliphatic rings. The number of imide groups is 2. The maximum absolute atomic E-state index is 13.1. The number of hydrogen-bond acceptors (Lipinski definition) is 7. The van der Waals surface area contributed by atoms with Gasteiger partial charge in [0.1, 0.15) is 11.5 Å². The Balaban J connectivity index is 1.27. The first-order chi connectivity index (χ1) is 17.8. The minimum absolute atomic E-state index is 0.212. The van der Waals surface area contributed by atoms with Gasteiger partial charge in [0, 0.05) is 9.79 Å². The van der Waals surface area contributed by atoms with Crippen LogP contribution in [0.3, 0.4) is 0 Å². The second-order valence-corrected chi connectivity index (χ2v) is 9.47. The van der Waals surface area contributed by atoms with E-state index in [2.05, 4.69) is 25.3 Å². The lowest BCUT2D eigenvalue weighted by atomic mass is 10.1. The first-order valence-corrected chi connectivity index (χ1v) is 12.0. The molecular formula is C28H16N2O5S2. The summed E-state index contributed by atoms with van der Waals surface area (Å²) in [6, 6.07) is 22.6. The maximum atomic E-state index is 13.1. The first-order valence-electron chi connectivity index (χ1n) is 11.1. The second-order valence-electron chi connectivity index (χ2n) is 8.44. The molecule has 0 aromatic heterocycles. The molecule has 0 saturated carbocycles. The highest BCUT2D eigenvalue weighted by molar-refractivity contribution is 7.80. The summed E-state index contributed by atoms with van der Waals surface area (Å²) in [5.74, 6) is -1.15. The van der Waals surface area contributed by atoms with Gasteiger partial charge < -0.3 is 4.74 Å². The molecular weight excluding hydrogens is 508 g/mol. The minimum Gasteiger partial charge on any atom is -0.457 e. The van der Waals surface area contributed by atoms with Gasteiger partial charge in [-0.05, 0) is 84.9 Å². The highest BCUT2D eigenvalue weighted by Gasteiger charge is 2.38. The number of carbonyl (C=O) groups excluding carboxylic acids is 4. The summed E-state index contributed by atoms with van der Waals surface area (Å²) in [6.45, 7) is 0. The van der Waals surface area contributed by atoms with Crippen LogP contribution in [-0.4, -0.2) is 23.6 Å². The van der Waals surface area contributed by atoms with Gasteiger partial charge in [-0.2, -0.15) is 0 Å². The van der Waals surface area contributed by atoms with E-state index in [1.807, 2.05) is 0 Å². The van der Waals surface area contributed by atoms with Crippen LogP contribution in [-0.2, 0) is 0 Å². The number of rotatable bonds is 4. The van der Waals surface area contributed by atoms with Crippen LogP contribution in [0.1, 0.15) is 41.4 Å². The fraction of sp³-hybridized carbons (Fsp3) is 0. The molecule has 0 saturated heterocycles. The maximum Gasteiger partial charge on any atom is 0.266 e. The second kappa shape index (κ2) is 8.65. The Labute approximate surface area is 222 Å². The van der Waals surface area contributed by atoms with Gasteiger partial charge >= 0.3 is 0 Å². The molecule has 4 aromatic rings. The standard InChI is InChI=1S/C28H16N2O5S2/c31-25-21-11-5-17(13-23(21)27(33)29(25)15-1-7-19(36)8-2-15)35-18-6-12-22-24(14-18)28(34)30(26(22)32)16-3-9-20(37)10-4-16/h1-14,36-37H. The Hall–Kier alpha value is -4.34. The zero-order valence-corrected chi connectivity index (χ0v) is 20.7. The highest BCUT2D eigenvalue weighted by atomic mass is 32.1. The van der Waals surface area contributed by atoms with Crippen LogP contribution in [0.25, 0.3) is 0 Å². The molecule has 6 rings (SSSR count). The molecule has 2 aliphatic heterocycles. The number of nitrogens with zero attached hydrogens (tertiary/aromatic N) is 2. The predicted molar refractivity (Wildman–Crippen MR) is 143 cm³/mol. The van der Waals surface area contributed by atoms with E-state index in [1.54, 1.807) is 60.7 Å². The van der Waals surface area contributed by atoms with E-state index in [-0.39, 0.29) is 22.3 Å². The third-order valence-corrected chi connectivity index (χ3v) is 6.76. The third-order valence-electron chi connectivity index (χ3n) is 6.17. The molecule has 0 N–H and O–H groups in total. The Kier molecular flexibility index (Phi) is 5.40. The number of carbonyl (C=O) groups is 4. The van der Waals surface area contributed by atoms with Crippen LogP contribution in [0.4, 0.5) is 11.4 Å². The predicted octanol–water partition coefficient (Wildman–Crippen LogP) is 5.66. The average Bonchev–Trinajstić information content (AvgIpc) is 3.29. The van der Waals surface area contributed by atoms with Crippen molar-refractivity contribution >= 4 is 60.3 Å². The summed E-state index contributed by atoms with van der Waals surface area (Å²) in [7, 11) is 0. The van der Waals surface area contributed by atoms with E-state index in [0.717, 1.165) is 9.80 Å². The summed E-state index contributed by atoms with van der Waals surface area (Å²) in [5.41, 5.74) is 1.85. The number of ether oxygens (including phenoxy) is 1. The minimum atomic E-state index is -0.463. The monoisotopic (exact) mass is 524 g/mol. The molecule has 0 radical (unpaired) electrons. The fourth-order valence-electron chi connectivity index (χ4n) is 4.38. The normalized spacial score (nSPS) is 14.3. The molecule has 0 bridgehead atoms. The topological polar surface area (TPSA) is 84.0 Å². The summed E-state index contributed by atoms with van der Waals surface area (Å²) in [4.78, 5) is 55.5. The van der Waals surface area contributed by atoms with E-state index in [4.69, 9.17) is 4.74 Å². The molecule has 7 nitrogen and oxygen atoms in total. The van der Waals surface area contributed by atoms with Crippen molar-refractivity contribution in [1.82, 2.24) is 0 Å². The summed E-state index contributed by atoms with van der Waals surface area (Å²) >= 11 is 8.48. The van der Waals surface area contributed by atoms with Crippen LogP contribution < -0.4 is 14.5 Å². The lowest BCUT2D eigenvalue weighted by Gasteiger charge is -2.13. The smallest absolute Gasteiger partial charge is 0.266 e. The van der Waals surface area contributed by atoms with Crippen molar-refractivity contribution in [2.75, 3.05) is 9.80 Å². The van der Waals surface area contributed by atoms with Crippen molar-refractivity contribution in [2.45, 2.75) is 9.79 Å². The zero-order valence-electron chi connectivity index (χ0n) is 18.9. The van der Waals surface area contributed by atoms with Gasteiger partial charge in [-0.25, -0.2) is 9.80 Å². The van der Waals surface area contributed by atoms with Gasteiger partial charge in [0.05, 0.1) is 33.6 Å². The lowest BCUT2D eigenvalue weighted by Crippen LogP contribution is -2.29. The van der Waals surface area contributed by atoms with Crippen molar-refractivity contribution in [1.29, 1.82) is 0 Å². The van der Waals surface area contributed by atoms with Crippen LogP contribution in [0.5, 0.6) is 11.5 Å². The SMILES string of the molecule is O=C1c2ccc(Oc3ccc4c(c3)C(=O)N(c3ccc(S)cc3)C4=O)cc2C(=O)N1c1ccc(S)cc1. The largest absolute Gasteiger partial charge is 0.457 e. The van der Waals surface area contributed by atoms with Gasteiger partial charge in [0.15, 0.2) is 0 Å². The molecule has 0 aliphatic carbocycles. The molecule has 9 heteroatoms. The fourth-order valence-corrected chi connectivity index (χ4v) is 4.67.